The van der Waals surface area contributed by atoms with Crippen LogP contribution in [-0.4, -0.2) is 17.0 Å². The monoisotopic (exact) mass is 263 g/mol. The lowest BCUT2D eigenvalue weighted by molar-refractivity contribution is 0.431. The van der Waals surface area contributed by atoms with E-state index in [1.807, 2.05) is 33.2 Å². The van der Waals surface area contributed by atoms with Gasteiger partial charge in [-0.25, -0.2) is 9.97 Å². The first kappa shape index (κ1) is 13.1. The van der Waals surface area contributed by atoms with Crippen LogP contribution in [-0.2, 0) is 0 Å². The highest BCUT2D eigenvalue weighted by Crippen LogP contribution is 2.28. The van der Waals surface area contributed by atoms with Crippen molar-refractivity contribution in [1.29, 1.82) is 0 Å². The van der Waals surface area contributed by atoms with Crippen molar-refractivity contribution in [3.63, 3.8) is 0 Å². The number of oxazole rings is 1. The molecule has 0 radical (unpaired) electrons. The summed E-state index contributed by atoms with van der Waals surface area (Å²) in [7, 11) is 1.94. The molecule has 0 fully saturated rings. The summed E-state index contributed by atoms with van der Waals surface area (Å²) >= 11 is 1.45. The molecule has 0 bridgehead atoms. The van der Waals surface area contributed by atoms with Gasteiger partial charge in [-0.05, 0) is 57.3 Å². The Morgan fingerprint density at radius 3 is 2.78 bits per heavy atom. The fourth-order valence-corrected chi connectivity index (χ4v) is 2.33. The van der Waals surface area contributed by atoms with Gasteiger partial charge in [-0.15, -0.1) is 0 Å². The van der Waals surface area contributed by atoms with Crippen LogP contribution in [0.5, 0.6) is 0 Å². The maximum absolute atomic E-state index is 5.54. The Morgan fingerprint density at radius 1 is 1.39 bits per heavy atom. The SMILES string of the molecule is CNC(C)c1ccnc(Sc2nc(C)c(C)o2)c1. The molecule has 4 nitrogen and oxygen atoms in total. The number of rotatable bonds is 4. The number of pyridine rings is 1. The molecule has 2 rings (SSSR count). The van der Waals surface area contributed by atoms with E-state index < -0.39 is 0 Å². The van der Waals surface area contributed by atoms with Gasteiger partial charge in [0.15, 0.2) is 0 Å². The molecule has 2 heterocycles. The molecule has 2 aromatic heterocycles. The Balaban J connectivity index is 2.19. The highest BCUT2D eigenvalue weighted by molar-refractivity contribution is 7.99. The summed E-state index contributed by atoms with van der Waals surface area (Å²) in [6.07, 6.45) is 1.81. The third-order valence-electron chi connectivity index (χ3n) is 2.89. The lowest BCUT2D eigenvalue weighted by Crippen LogP contribution is -2.12. The van der Waals surface area contributed by atoms with Crippen LogP contribution in [0.25, 0.3) is 0 Å². The molecule has 5 heteroatoms. The zero-order chi connectivity index (χ0) is 13.1. The number of aromatic nitrogens is 2. The summed E-state index contributed by atoms with van der Waals surface area (Å²) in [5.41, 5.74) is 2.13. The number of aryl methyl sites for hydroxylation is 2. The van der Waals surface area contributed by atoms with E-state index in [2.05, 4.69) is 28.3 Å². The van der Waals surface area contributed by atoms with Crippen molar-refractivity contribution < 1.29 is 4.42 Å². The van der Waals surface area contributed by atoms with Crippen LogP contribution < -0.4 is 5.32 Å². The molecule has 0 amide bonds. The maximum atomic E-state index is 5.54. The molecule has 0 aromatic carbocycles. The predicted octanol–water partition coefficient (Wildman–Crippen LogP) is 3.12. The van der Waals surface area contributed by atoms with Crippen molar-refractivity contribution >= 4 is 11.8 Å². The van der Waals surface area contributed by atoms with Crippen molar-refractivity contribution in [3.05, 3.63) is 35.3 Å². The number of hydrogen-bond acceptors (Lipinski definition) is 5. The van der Waals surface area contributed by atoms with Gasteiger partial charge in [-0.1, -0.05) is 0 Å². The molecule has 0 aliphatic rings. The van der Waals surface area contributed by atoms with E-state index in [-0.39, 0.29) is 0 Å². The van der Waals surface area contributed by atoms with Gasteiger partial charge in [-0.2, -0.15) is 0 Å². The zero-order valence-electron chi connectivity index (χ0n) is 11.0. The highest BCUT2D eigenvalue weighted by Gasteiger charge is 2.10. The molecule has 0 aliphatic carbocycles. The third kappa shape index (κ3) is 2.91. The molecule has 0 spiro atoms. The van der Waals surface area contributed by atoms with Crippen LogP contribution >= 0.6 is 11.8 Å². The summed E-state index contributed by atoms with van der Waals surface area (Å²) in [5.74, 6) is 0.859. The largest absolute Gasteiger partial charge is 0.436 e. The molecule has 2 aromatic rings. The molecule has 96 valence electrons. The fourth-order valence-electron chi connectivity index (χ4n) is 1.49. The Kier molecular flexibility index (Phi) is 4.04. The summed E-state index contributed by atoms with van der Waals surface area (Å²) in [5, 5.41) is 4.75. The van der Waals surface area contributed by atoms with Gasteiger partial charge in [-0.3, -0.25) is 0 Å². The van der Waals surface area contributed by atoms with E-state index in [1.54, 1.807) is 0 Å². The van der Waals surface area contributed by atoms with E-state index >= 15 is 0 Å². The smallest absolute Gasteiger partial charge is 0.262 e. The lowest BCUT2D eigenvalue weighted by Gasteiger charge is -2.10. The van der Waals surface area contributed by atoms with Gasteiger partial charge in [0.25, 0.3) is 5.22 Å². The predicted molar refractivity (Wildman–Crippen MR) is 71.8 cm³/mol. The molecule has 1 unspecified atom stereocenters. The summed E-state index contributed by atoms with van der Waals surface area (Å²) in [4.78, 5) is 8.67. The van der Waals surface area contributed by atoms with E-state index in [1.165, 1.54) is 17.3 Å². The molecular weight excluding hydrogens is 246 g/mol. The van der Waals surface area contributed by atoms with Crippen LogP contribution in [0.15, 0.2) is 33.0 Å². The topological polar surface area (TPSA) is 51.0 Å². The van der Waals surface area contributed by atoms with Gasteiger partial charge in [0.1, 0.15) is 10.8 Å². The van der Waals surface area contributed by atoms with Gasteiger partial charge in [0.05, 0.1) is 5.69 Å². The molecule has 0 aliphatic heterocycles. The van der Waals surface area contributed by atoms with Crippen LogP contribution in [0.1, 0.15) is 30.0 Å². The Hall–Kier alpha value is -1.33. The van der Waals surface area contributed by atoms with E-state index in [0.29, 0.717) is 11.3 Å². The van der Waals surface area contributed by atoms with Crippen LogP contribution in [0.4, 0.5) is 0 Å². The summed E-state index contributed by atoms with van der Waals surface area (Å²) in [6.45, 7) is 5.97. The summed E-state index contributed by atoms with van der Waals surface area (Å²) < 4.78 is 5.54. The minimum absolute atomic E-state index is 0.306. The fraction of sp³-hybridized carbons (Fsp3) is 0.385. The number of nitrogens with one attached hydrogen (secondary N) is 1. The second-order valence-corrected chi connectivity index (χ2v) is 5.13. The van der Waals surface area contributed by atoms with Crippen LogP contribution in [0.2, 0.25) is 0 Å². The number of nitrogens with zero attached hydrogens (tertiary/aromatic N) is 2. The highest BCUT2D eigenvalue weighted by atomic mass is 32.2. The van der Waals surface area contributed by atoms with E-state index in [4.69, 9.17) is 4.42 Å². The van der Waals surface area contributed by atoms with E-state index in [0.717, 1.165) is 16.5 Å². The average molecular weight is 263 g/mol. The first-order valence-corrected chi connectivity index (χ1v) is 6.67. The Bertz CT molecular complexity index is 519. The lowest BCUT2D eigenvalue weighted by atomic mass is 10.1. The van der Waals surface area contributed by atoms with Crippen molar-refractivity contribution in [2.24, 2.45) is 0 Å². The Labute approximate surface area is 111 Å². The second-order valence-electron chi connectivity index (χ2n) is 4.16. The molecule has 1 N–H and O–H groups in total. The molecular formula is C13H17N3OS. The minimum atomic E-state index is 0.306. The number of hydrogen-bond donors (Lipinski definition) is 1. The van der Waals surface area contributed by atoms with Crippen LogP contribution in [0.3, 0.4) is 0 Å². The standard InChI is InChI=1S/C13H17N3OS/c1-8-10(3)17-13(16-8)18-12-7-11(5-6-15-12)9(2)14-4/h5-7,9,14H,1-4H3. The molecule has 0 saturated heterocycles. The van der Waals surface area contributed by atoms with Crippen molar-refractivity contribution in [2.45, 2.75) is 37.1 Å². The normalized spacial score (nSPS) is 12.7. The zero-order valence-corrected chi connectivity index (χ0v) is 11.8. The maximum Gasteiger partial charge on any atom is 0.262 e. The minimum Gasteiger partial charge on any atom is -0.436 e. The third-order valence-corrected chi connectivity index (χ3v) is 3.67. The van der Waals surface area contributed by atoms with Crippen molar-refractivity contribution in [2.75, 3.05) is 7.05 Å². The molecule has 0 saturated carbocycles. The van der Waals surface area contributed by atoms with Gasteiger partial charge < -0.3 is 9.73 Å². The van der Waals surface area contributed by atoms with Crippen molar-refractivity contribution in [1.82, 2.24) is 15.3 Å². The van der Waals surface area contributed by atoms with Gasteiger partial charge >= 0.3 is 0 Å². The molecule has 1 atom stereocenters. The van der Waals surface area contributed by atoms with Crippen LogP contribution in [0, 0.1) is 13.8 Å². The first-order chi connectivity index (χ1) is 8.60. The molecule has 18 heavy (non-hydrogen) atoms. The van der Waals surface area contributed by atoms with Gasteiger partial charge in [0.2, 0.25) is 0 Å². The average Bonchev–Trinajstić information content (AvgIpc) is 2.67. The quantitative estimate of drug-likeness (QED) is 0.918. The van der Waals surface area contributed by atoms with Crippen molar-refractivity contribution in [3.8, 4) is 0 Å². The Morgan fingerprint density at radius 2 is 2.17 bits per heavy atom. The van der Waals surface area contributed by atoms with E-state index in [9.17, 15) is 0 Å². The first-order valence-electron chi connectivity index (χ1n) is 5.85. The van der Waals surface area contributed by atoms with Gasteiger partial charge in [0, 0.05) is 12.2 Å². The summed E-state index contributed by atoms with van der Waals surface area (Å²) in [6, 6.07) is 4.37. The second kappa shape index (κ2) is 5.54.